The third kappa shape index (κ3) is 4.15. The number of guanidine groups is 1. The molecule has 1 aliphatic heterocycles. The average molecular weight is 363 g/mol. The first-order valence-electron chi connectivity index (χ1n) is 6.05. The zero-order chi connectivity index (χ0) is 12.5. The van der Waals surface area contributed by atoms with Gasteiger partial charge >= 0.3 is 0 Å². The van der Waals surface area contributed by atoms with Gasteiger partial charge in [0.1, 0.15) is 5.82 Å². The molecule has 1 atom stereocenters. The number of nitrogens with one attached hydrogen (secondary N) is 1. The van der Waals surface area contributed by atoms with E-state index in [4.69, 9.17) is 5.73 Å². The van der Waals surface area contributed by atoms with Gasteiger partial charge in [0.2, 0.25) is 0 Å². The van der Waals surface area contributed by atoms with E-state index in [1.165, 1.54) is 0 Å². The van der Waals surface area contributed by atoms with Crippen LogP contribution in [0.25, 0.3) is 0 Å². The zero-order valence-corrected chi connectivity index (χ0v) is 13.5. The van der Waals surface area contributed by atoms with Crippen LogP contribution in [0.3, 0.4) is 0 Å². The lowest BCUT2D eigenvalue weighted by atomic mass is 10.1. The first-order chi connectivity index (χ1) is 7.94. The third-order valence-electron chi connectivity index (χ3n) is 2.75. The molecule has 2 rings (SSSR count). The van der Waals surface area contributed by atoms with Gasteiger partial charge in [-0.15, -0.1) is 24.0 Å². The highest BCUT2D eigenvalue weighted by Gasteiger charge is 2.19. The van der Waals surface area contributed by atoms with Gasteiger partial charge in [-0.3, -0.25) is 0 Å². The van der Waals surface area contributed by atoms with Crippen molar-refractivity contribution >= 4 is 29.9 Å². The molecule has 0 fully saturated rings. The number of hydrogen-bond acceptors (Lipinski definition) is 2. The van der Waals surface area contributed by atoms with E-state index in [0.717, 1.165) is 25.2 Å². The molecule has 6 heteroatoms. The first kappa shape index (κ1) is 15.3. The smallest absolute Gasteiger partial charge is 0.189 e. The molecule has 1 unspecified atom stereocenters. The van der Waals surface area contributed by atoms with Crippen LogP contribution in [0.2, 0.25) is 0 Å². The summed E-state index contributed by atoms with van der Waals surface area (Å²) in [4.78, 5) is 8.85. The van der Waals surface area contributed by atoms with Gasteiger partial charge in [-0.1, -0.05) is 0 Å². The number of rotatable bonds is 1. The molecule has 1 aromatic heterocycles. The van der Waals surface area contributed by atoms with Crippen molar-refractivity contribution < 1.29 is 0 Å². The number of imidazole rings is 1. The van der Waals surface area contributed by atoms with Crippen LogP contribution in [0.4, 0.5) is 0 Å². The van der Waals surface area contributed by atoms with Crippen LogP contribution in [0.15, 0.2) is 17.4 Å². The van der Waals surface area contributed by atoms with Gasteiger partial charge < -0.3 is 15.6 Å². The lowest BCUT2D eigenvalue weighted by molar-refractivity contribution is 0.457. The molecule has 1 aromatic rings. The van der Waals surface area contributed by atoms with Gasteiger partial charge in [-0.05, 0) is 27.2 Å². The standard InChI is InChI=1S/C12H21N5.HI/c1-12(2,3)16-11(13)15-9-4-6-17-7-5-14-10(17)8-9;/h5,7,9H,4,6,8H2,1-3H3,(H3,13,15,16);1H. The van der Waals surface area contributed by atoms with Gasteiger partial charge in [0, 0.05) is 30.9 Å². The number of nitrogens with zero attached hydrogens (tertiary/aromatic N) is 3. The fourth-order valence-corrected chi connectivity index (χ4v) is 2.06. The number of aliphatic imine (C=N–C) groups is 1. The van der Waals surface area contributed by atoms with Crippen molar-refractivity contribution in [3.8, 4) is 0 Å². The van der Waals surface area contributed by atoms with Gasteiger partial charge in [-0.2, -0.15) is 0 Å². The van der Waals surface area contributed by atoms with Crippen molar-refractivity contribution in [2.24, 2.45) is 10.7 Å². The average Bonchev–Trinajstić information content (AvgIpc) is 2.61. The highest BCUT2D eigenvalue weighted by atomic mass is 127. The highest BCUT2D eigenvalue weighted by molar-refractivity contribution is 14.0. The van der Waals surface area contributed by atoms with Crippen LogP contribution < -0.4 is 11.1 Å². The maximum absolute atomic E-state index is 5.90. The van der Waals surface area contributed by atoms with Crippen LogP contribution in [-0.2, 0) is 13.0 Å². The van der Waals surface area contributed by atoms with Gasteiger partial charge in [0.15, 0.2) is 5.96 Å². The normalized spacial score (nSPS) is 19.9. The summed E-state index contributed by atoms with van der Waals surface area (Å²) in [5.41, 5.74) is 5.86. The molecular weight excluding hydrogens is 341 g/mol. The Labute approximate surface area is 125 Å². The highest BCUT2D eigenvalue weighted by Crippen LogP contribution is 2.15. The minimum Gasteiger partial charge on any atom is -0.370 e. The van der Waals surface area contributed by atoms with E-state index in [9.17, 15) is 0 Å². The predicted molar refractivity (Wildman–Crippen MR) is 84.3 cm³/mol. The SMILES string of the molecule is CC(C)(C)NC(N)=NC1CCn2ccnc2C1.I. The van der Waals surface area contributed by atoms with E-state index in [1.807, 2.05) is 12.4 Å². The first-order valence-corrected chi connectivity index (χ1v) is 6.05. The lowest BCUT2D eigenvalue weighted by Crippen LogP contribution is -2.45. The van der Waals surface area contributed by atoms with Crippen LogP contribution in [0.1, 0.15) is 33.0 Å². The Balaban J connectivity index is 0.00000162. The van der Waals surface area contributed by atoms with E-state index in [2.05, 4.69) is 40.6 Å². The minimum absolute atomic E-state index is 0. The summed E-state index contributed by atoms with van der Waals surface area (Å²) in [5, 5.41) is 3.18. The molecule has 1 aliphatic rings. The summed E-state index contributed by atoms with van der Waals surface area (Å²) in [7, 11) is 0. The van der Waals surface area contributed by atoms with Crippen LogP contribution in [0.5, 0.6) is 0 Å². The quantitative estimate of drug-likeness (QED) is 0.452. The van der Waals surface area contributed by atoms with Gasteiger partial charge in [0.25, 0.3) is 0 Å². The van der Waals surface area contributed by atoms with Gasteiger partial charge in [0.05, 0.1) is 6.04 Å². The Bertz CT molecular complexity index is 418. The van der Waals surface area contributed by atoms with E-state index in [-0.39, 0.29) is 35.6 Å². The van der Waals surface area contributed by atoms with Gasteiger partial charge in [-0.25, -0.2) is 9.98 Å². The number of aryl methyl sites for hydroxylation is 1. The van der Waals surface area contributed by atoms with Crippen molar-refractivity contribution in [2.75, 3.05) is 0 Å². The molecule has 0 bridgehead atoms. The van der Waals surface area contributed by atoms with Crippen LogP contribution >= 0.6 is 24.0 Å². The molecule has 0 radical (unpaired) electrons. The molecule has 0 spiro atoms. The summed E-state index contributed by atoms with van der Waals surface area (Å²) in [6, 6.07) is 0.250. The fourth-order valence-electron chi connectivity index (χ4n) is 2.06. The maximum Gasteiger partial charge on any atom is 0.189 e. The molecule has 2 heterocycles. The number of aromatic nitrogens is 2. The summed E-state index contributed by atoms with van der Waals surface area (Å²) < 4.78 is 2.18. The van der Waals surface area contributed by atoms with Crippen LogP contribution in [0, 0.1) is 0 Å². The second-order valence-corrected chi connectivity index (χ2v) is 5.57. The zero-order valence-electron chi connectivity index (χ0n) is 11.2. The molecule has 0 amide bonds. The molecule has 3 N–H and O–H groups in total. The Morgan fingerprint density at radius 2 is 2.28 bits per heavy atom. The molecule has 0 aromatic carbocycles. The van der Waals surface area contributed by atoms with Crippen molar-refractivity contribution in [1.82, 2.24) is 14.9 Å². The van der Waals surface area contributed by atoms with Crippen molar-refractivity contribution in [2.45, 2.75) is 51.7 Å². The maximum atomic E-state index is 5.90. The molecule has 18 heavy (non-hydrogen) atoms. The number of halogens is 1. The van der Waals surface area contributed by atoms with Crippen molar-refractivity contribution in [1.29, 1.82) is 0 Å². The second kappa shape index (κ2) is 5.90. The lowest BCUT2D eigenvalue weighted by Gasteiger charge is -2.24. The Morgan fingerprint density at radius 1 is 1.56 bits per heavy atom. The summed E-state index contributed by atoms with van der Waals surface area (Å²) in [5.74, 6) is 1.64. The van der Waals surface area contributed by atoms with Crippen molar-refractivity contribution in [3.63, 3.8) is 0 Å². The Morgan fingerprint density at radius 3 is 2.94 bits per heavy atom. The second-order valence-electron chi connectivity index (χ2n) is 5.57. The van der Waals surface area contributed by atoms with E-state index in [0.29, 0.717) is 5.96 Å². The predicted octanol–water partition coefficient (Wildman–Crippen LogP) is 1.52. The number of fused-ring (bicyclic) bond motifs is 1. The summed E-state index contributed by atoms with van der Waals surface area (Å²) in [6.45, 7) is 7.20. The molecular formula is C12H22IN5. The van der Waals surface area contributed by atoms with Crippen molar-refractivity contribution in [3.05, 3.63) is 18.2 Å². The van der Waals surface area contributed by atoms with E-state index < -0.39 is 0 Å². The Kier molecular flexibility index (Phi) is 5.01. The fraction of sp³-hybridized carbons (Fsp3) is 0.667. The molecule has 0 aliphatic carbocycles. The third-order valence-corrected chi connectivity index (χ3v) is 2.75. The molecule has 0 saturated heterocycles. The summed E-state index contributed by atoms with van der Waals surface area (Å²) >= 11 is 0. The number of nitrogens with two attached hydrogens (primary N) is 1. The monoisotopic (exact) mass is 363 g/mol. The summed E-state index contributed by atoms with van der Waals surface area (Å²) in [6.07, 6.45) is 5.76. The van der Waals surface area contributed by atoms with Crippen LogP contribution in [-0.4, -0.2) is 27.1 Å². The Hall–Kier alpha value is -0.790. The molecule has 0 saturated carbocycles. The molecule has 5 nitrogen and oxygen atoms in total. The van der Waals surface area contributed by atoms with E-state index in [1.54, 1.807) is 0 Å². The topological polar surface area (TPSA) is 68.2 Å². The largest absolute Gasteiger partial charge is 0.370 e. The number of hydrogen-bond donors (Lipinski definition) is 2. The van der Waals surface area contributed by atoms with E-state index >= 15 is 0 Å². The minimum atomic E-state index is -0.0410. The molecule has 102 valence electrons.